The first kappa shape index (κ1) is 28.5. The number of hydrogen-bond donors (Lipinski definition) is 3. The number of imidazole rings is 1. The number of nitrogens with two attached hydrogens (primary N) is 2. The predicted molar refractivity (Wildman–Crippen MR) is 141 cm³/mol. The number of fused-ring (bicyclic) bond motifs is 1. The molecule has 2 aromatic heterocycles. The molecule has 1 aliphatic rings. The minimum Gasteiger partial charge on any atom is -0.463 e. The van der Waals surface area contributed by atoms with Crippen molar-refractivity contribution >= 4 is 30.7 Å². The van der Waals surface area contributed by atoms with E-state index in [4.69, 9.17) is 36.4 Å². The van der Waals surface area contributed by atoms with Crippen molar-refractivity contribution in [3.63, 3.8) is 0 Å². The molecule has 4 rings (SSSR count). The number of aromatic nitrogens is 4. The summed E-state index contributed by atoms with van der Waals surface area (Å²) in [7, 11) is -3.99. The van der Waals surface area contributed by atoms with Crippen molar-refractivity contribution in [2.24, 2.45) is 11.7 Å². The molecular weight excluding hydrogens is 527 g/mol. The van der Waals surface area contributed by atoms with E-state index in [0.717, 1.165) is 0 Å². The molecule has 0 aliphatic carbocycles. The van der Waals surface area contributed by atoms with Crippen LogP contribution in [0.15, 0.2) is 42.9 Å². The van der Waals surface area contributed by atoms with Gasteiger partial charge in [0.2, 0.25) is 5.95 Å². The lowest BCUT2D eigenvalue weighted by Gasteiger charge is -2.27. The molecule has 208 valence electrons. The van der Waals surface area contributed by atoms with E-state index in [1.807, 2.05) is 0 Å². The molecule has 0 saturated carbocycles. The molecule has 0 amide bonds. The van der Waals surface area contributed by atoms with E-state index in [0.29, 0.717) is 11.2 Å². The van der Waals surface area contributed by atoms with Gasteiger partial charge in [0.1, 0.15) is 23.5 Å². The smallest absolute Gasteiger partial charge is 0.380 e. The maximum Gasteiger partial charge on any atom is 0.380 e. The van der Waals surface area contributed by atoms with Crippen LogP contribution in [0.3, 0.4) is 0 Å². The van der Waals surface area contributed by atoms with Gasteiger partial charge in [-0.2, -0.15) is 4.98 Å². The second kappa shape index (κ2) is 11.3. The average molecular weight is 559 g/mol. The van der Waals surface area contributed by atoms with Crippen LogP contribution in [0.4, 0.5) is 5.95 Å². The Kier molecular flexibility index (Phi) is 8.25. The number of esters is 1. The minimum atomic E-state index is -3.99. The van der Waals surface area contributed by atoms with E-state index in [-0.39, 0.29) is 24.0 Å². The zero-order valence-corrected chi connectivity index (χ0v) is 22.6. The fraction of sp³-hybridized carbons (Fsp3) is 0.440. The predicted octanol–water partition coefficient (Wildman–Crippen LogP) is 1.87. The Labute approximate surface area is 225 Å². The Morgan fingerprint density at radius 1 is 1.31 bits per heavy atom. The number of hydrogen-bond acceptors (Lipinski definition) is 12. The number of aliphatic hydroxyl groups is 1. The number of carbonyl (C=O) groups excluding carboxylic acids is 1. The van der Waals surface area contributed by atoms with Gasteiger partial charge in [0, 0.05) is 0 Å². The zero-order chi connectivity index (χ0) is 28.4. The molecule has 1 fully saturated rings. The normalized spacial score (nSPS) is 25.2. The number of rotatable bonds is 10. The molecule has 39 heavy (non-hydrogen) atoms. The highest BCUT2D eigenvalue weighted by Gasteiger charge is 2.55. The first-order valence-electron chi connectivity index (χ1n) is 12.2. The van der Waals surface area contributed by atoms with Crippen LogP contribution in [-0.2, 0) is 23.4 Å². The summed E-state index contributed by atoms with van der Waals surface area (Å²) in [5.41, 5.74) is 11.1. The number of carbonyl (C=O) groups is 1. The van der Waals surface area contributed by atoms with Crippen molar-refractivity contribution in [3.05, 3.63) is 42.9 Å². The summed E-state index contributed by atoms with van der Waals surface area (Å²) in [6.07, 6.45) is 4.22. The summed E-state index contributed by atoms with van der Waals surface area (Å²) >= 11 is 0. The molecule has 13 nitrogen and oxygen atoms in total. The van der Waals surface area contributed by atoms with E-state index in [1.54, 1.807) is 51.1 Å². The van der Waals surface area contributed by atoms with Gasteiger partial charge < -0.3 is 30.6 Å². The van der Waals surface area contributed by atoms with Gasteiger partial charge in [0.05, 0.1) is 37.3 Å². The maximum atomic E-state index is 13.9. The molecule has 3 heterocycles. The van der Waals surface area contributed by atoms with Crippen LogP contribution in [0.25, 0.3) is 11.2 Å². The molecule has 5 N–H and O–H groups in total. The number of anilines is 1. The second-order valence-electron chi connectivity index (χ2n) is 9.52. The Morgan fingerprint density at radius 2 is 2.03 bits per heavy atom. The summed E-state index contributed by atoms with van der Waals surface area (Å²) in [5, 5.41) is 11.1. The number of aliphatic hydroxyl groups excluding tert-OH is 1. The molecule has 0 spiro atoms. The van der Waals surface area contributed by atoms with Crippen LogP contribution in [0.5, 0.6) is 5.75 Å². The van der Waals surface area contributed by atoms with E-state index < -0.39 is 50.1 Å². The summed E-state index contributed by atoms with van der Waals surface area (Å²) in [6, 6.07) is 8.37. The van der Waals surface area contributed by atoms with Gasteiger partial charge in [-0.15, -0.1) is 6.42 Å². The summed E-state index contributed by atoms with van der Waals surface area (Å²) < 4.78 is 38.1. The summed E-state index contributed by atoms with van der Waals surface area (Å²) in [6.45, 7) is 4.57. The molecule has 1 unspecified atom stereocenters. The lowest BCUT2D eigenvalue weighted by Crippen LogP contribution is -2.53. The SMILES string of the molecule is C#CC1(N)[C@@H](O)[C@@H](CO[P@@](=O)(C[C@@H](C)C(=O)OC(C)C)Oc2ccccc2)O[C@H]1n1cnc2cnc(N)nc21. The van der Waals surface area contributed by atoms with Crippen LogP contribution in [0.1, 0.15) is 27.0 Å². The summed E-state index contributed by atoms with van der Waals surface area (Å²) in [4.78, 5) is 24.7. The van der Waals surface area contributed by atoms with Crippen molar-refractivity contribution in [3.8, 4) is 18.1 Å². The molecule has 0 radical (unpaired) electrons. The third-order valence-corrected chi connectivity index (χ3v) is 8.09. The Balaban J connectivity index is 1.57. The van der Waals surface area contributed by atoms with E-state index in [9.17, 15) is 14.5 Å². The number of ether oxygens (including phenoxy) is 2. The van der Waals surface area contributed by atoms with E-state index in [1.165, 1.54) is 17.1 Å². The first-order valence-corrected chi connectivity index (χ1v) is 13.9. The monoisotopic (exact) mass is 558 g/mol. The highest BCUT2D eigenvalue weighted by atomic mass is 31.2. The van der Waals surface area contributed by atoms with Crippen molar-refractivity contribution in [2.75, 3.05) is 18.5 Å². The molecule has 3 aromatic rings. The highest BCUT2D eigenvalue weighted by Crippen LogP contribution is 2.51. The Hall–Kier alpha value is -3.53. The van der Waals surface area contributed by atoms with Gasteiger partial charge in [0.15, 0.2) is 17.4 Å². The van der Waals surface area contributed by atoms with Gasteiger partial charge in [-0.3, -0.25) is 13.9 Å². The lowest BCUT2D eigenvalue weighted by atomic mass is 9.92. The largest absolute Gasteiger partial charge is 0.463 e. The molecule has 1 aromatic carbocycles. The number of nitrogen functional groups attached to an aromatic ring is 1. The van der Waals surface area contributed by atoms with Gasteiger partial charge >= 0.3 is 13.6 Å². The first-order chi connectivity index (χ1) is 18.5. The number of para-hydroxylation sites is 1. The molecular formula is C25H31N6O7P. The van der Waals surface area contributed by atoms with Crippen molar-refractivity contribution < 1.29 is 33.0 Å². The third kappa shape index (κ3) is 6.06. The lowest BCUT2D eigenvalue weighted by molar-refractivity contribution is -0.151. The van der Waals surface area contributed by atoms with Crippen LogP contribution in [0, 0.1) is 18.3 Å². The zero-order valence-electron chi connectivity index (χ0n) is 21.7. The fourth-order valence-corrected chi connectivity index (χ4v) is 5.97. The van der Waals surface area contributed by atoms with Crippen molar-refractivity contribution in [2.45, 2.75) is 50.8 Å². The Morgan fingerprint density at radius 3 is 2.69 bits per heavy atom. The van der Waals surface area contributed by atoms with Crippen LogP contribution < -0.4 is 16.0 Å². The summed E-state index contributed by atoms with van der Waals surface area (Å²) in [5.74, 6) is 1.31. The van der Waals surface area contributed by atoms with Gasteiger partial charge in [-0.25, -0.2) is 14.5 Å². The molecule has 14 heteroatoms. The topological polar surface area (TPSA) is 187 Å². The highest BCUT2D eigenvalue weighted by molar-refractivity contribution is 7.54. The van der Waals surface area contributed by atoms with E-state index >= 15 is 0 Å². The molecule has 6 atom stereocenters. The van der Waals surface area contributed by atoms with Crippen molar-refractivity contribution in [1.82, 2.24) is 19.5 Å². The Bertz CT molecular complexity index is 1410. The van der Waals surface area contributed by atoms with Gasteiger partial charge in [0.25, 0.3) is 0 Å². The van der Waals surface area contributed by atoms with Gasteiger partial charge in [-0.05, 0) is 26.0 Å². The van der Waals surface area contributed by atoms with Crippen LogP contribution in [-0.4, -0.2) is 67.2 Å². The second-order valence-corrected chi connectivity index (χ2v) is 11.5. The molecule has 1 saturated heterocycles. The average Bonchev–Trinajstić information content (AvgIpc) is 3.41. The molecule has 1 aliphatic heterocycles. The molecule has 0 bridgehead atoms. The standard InChI is InChI=1S/C25H31N6O7P/c1-5-25(27)20(32)19(37-23(25)31-14-29-18-11-28-24(26)30-21(18)31)12-35-39(34,38-17-9-7-6-8-10-17)13-16(4)22(33)36-15(2)3/h1,6-11,14-16,19-20,23,32H,12-13,27H2,2-4H3,(H2,26,28,30)/t16-,19-,20+,23-,25?,39+/m1/s1. The quantitative estimate of drug-likeness (QED) is 0.187. The van der Waals surface area contributed by atoms with Gasteiger partial charge in [-0.1, -0.05) is 31.0 Å². The number of terminal acetylenes is 1. The van der Waals surface area contributed by atoms with E-state index in [2.05, 4.69) is 20.9 Å². The number of nitrogens with zero attached hydrogens (tertiary/aromatic N) is 4. The van der Waals surface area contributed by atoms with Crippen LogP contribution in [0.2, 0.25) is 0 Å². The fourth-order valence-electron chi connectivity index (χ4n) is 4.10. The van der Waals surface area contributed by atoms with Crippen molar-refractivity contribution in [1.29, 1.82) is 0 Å². The minimum absolute atomic E-state index is 0.00452. The van der Waals surface area contributed by atoms with Crippen LogP contribution >= 0.6 is 7.60 Å². The third-order valence-electron chi connectivity index (χ3n) is 6.07. The number of benzene rings is 1. The maximum absolute atomic E-state index is 13.9.